The molecule has 0 saturated carbocycles. The monoisotopic (exact) mass is 278 g/mol. The number of aromatic nitrogens is 2. The lowest BCUT2D eigenvalue weighted by molar-refractivity contribution is 0.0957. The molecule has 1 amide bonds. The molecule has 0 aliphatic carbocycles. The third-order valence-corrected chi connectivity index (χ3v) is 3.62. The summed E-state index contributed by atoms with van der Waals surface area (Å²) < 4.78 is 0. The van der Waals surface area contributed by atoms with Crippen LogP contribution in [0.3, 0.4) is 0 Å². The Kier molecular flexibility index (Phi) is 4.86. The minimum Gasteiger partial charge on any atom is -0.367 e. The smallest absolute Gasteiger partial charge is 0.271 e. The van der Waals surface area contributed by atoms with Crippen LogP contribution >= 0.6 is 0 Å². The molecule has 1 saturated heterocycles. The quantitative estimate of drug-likeness (QED) is 0.773. The van der Waals surface area contributed by atoms with Crippen molar-refractivity contribution in [2.45, 2.75) is 6.04 Å². The number of nitrogens with zero attached hydrogens (tertiary/aromatic N) is 4. The molecule has 1 atom stereocenters. The number of hydrogen-bond donors (Lipinski definition) is 2. The number of hydrogen-bond acceptors (Lipinski definition) is 6. The minimum absolute atomic E-state index is 0.224. The summed E-state index contributed by atoms with van der Waals surface area (Å²) in [5.41, 5.74) is 0.326. The van der Waals surface area contributed by atoms with Crippen molar-refractivity contribution in [2.75, 3.05) is 52.6 Å². The Morgan fingerprint density at radius 3 is 2.80 bits per heavy atom. The number of carbonyl (C=O) groups is 1. The first-order valence-corrected chi connectivity index (χ1v) is 6.78. The second-order valence-corrected chi connectivity index (χ2v) is 5.16. The molecule has 0 spiro atoms. The fourth-order valence-electron chi connectivity index (χ4n) is 2.22. The topological polar surface area (TPSA) is 73.4 Å². The van der Waals surface area contributed by atoms with Crippen molar-refractivity contribution in [2.24, 2.45) is 0 Å². The Morgan fingerprint density at radius 2 is 2.15 bits per heavy atom. The minimum atomic E-state index is -0.224. The van der Waals surface area contributed by atoms with Crippen molar-refractivity contribution in [3.05, 3.63) is 17.8 Å². The average molecular weight is 278 g/mol. The number of carbonyl (C=O) groups excluding carboxylic acids is 1. The van der Waals surface area contributed by atoms with E-state index in [1.165, 1.54) is 0 Å². The van der Waals surface area contributed by atoms with Crippen molar-refractivity contribution < 1.29 is 4.79 Å². The zero-order valence-corrected chi connectivity index (χ0v) is 12.3. The molecule has 7 heteroatoms. The highest BCUT2D eigenvalue weighted by Gasteiger charge is 2.21. The number of piperazine rings is 1. The van der Waals surface area contributed by atoms with Gasteiger partial charge in [-0.1, -0.05) is 0 Å². The lowest BCUT2D eigenvalue weighted by Gasteiger charge is -2.37. The van der Waals surface area contributed by atoms with E-state index in [1.54, 1.807) is 19.2 Å². The van der Waals surface area contributed by atoms with Crippen molar-refractivity contribution in [1.82, 2.24) is 25.3 Å². The molecule has 2 rings (SSSR count). The molecule has 20 heavy (non-hydrogen) atoms. The largest absolute Gasteiger partial charge is 0.367 e. The summed E-state index contributed by atoms with van der Waals surface area (Å²) in [7, 11) is 5.85. The van der Waals surface area contributed by atoms with Gasteiger partial charge >= 0.3 is 0 Å². The maximum absolute atomic E-state index is 11.4. The molecule has 110 valence electrons. The predicted octanol–water partition coefficient (Wildman–Crippen LogP) is -0.506. The summed E-state index contributed by atoms with van der Waals surface area (Å²) in [5, 5.41) is 13.7. The third kappa shape index (κ3) is 3.64. The van der Waals surface area contributed by atoms with Crippen LogP contribution in [0.15, 0.2) is 12.1 Å². The van der Waals surface area contributed by atoms with Crippen LogP contribution in [-0.2, 0) is 0 Å². The first kappa shape index (κ1) is 14.7. The molecule has 1 unspecified atom stereocenters. The van der Waals surface area contributed by atoms with Gasteiger partial charge < -0.3 is 15.5 Å². The molecule has 0 aromatic carbocycles. The molecule has 7 nitrogen and oxygen atoms in total. The fraction of sp³-hybridized carbons (Fsp3) is 0.615. The normalized spacial score (nSPS) is 20.6. The highest BCUT2D eigenvalue weighted by Crippen LogP contribution is 2.08. The summed E-state index contributed by atoms with van der Waals surface area (Å²) in [6.45, 7) is 4.03. The summed E-state index contributed by atoms with van der Waals surface area (Å²) >= 11 is 0. The van der Waals surface area contributed by atoms with Crippen LogP contribution in [0.1, 0.15) is 10.5 Å². The van der Waals surface area contributed by atoms with Crippen molar-refractivity contribution >= 4 is 11.7 Å². The molecule has 1 aromatic heterocycles. The lowest BCUT2D eigenvalue weighted by Crippen LogP contribution is -2.52. The van der Waals surface area contributed by atoms with E-state index in [0.717, 1.165) is 26.2 Å². The first-order valence-electron chi connectivity index (χ1n) is 6.78. The first-order chi connectivity index (χ1) is 9.60. The Bertz CT molecular complexity index is 449. The second kappa shape index (κ2) is 6.62. The van der Waals surface area contributed by atoms with E-state index in [1.807, 2.05) is 0 Å². The van der Waals surface area contributed by atoms with Gasteiger partial charge in [-0.05, 0) is 26.2 Å². The Balaban J connectivity index is 1.88. The summed E-state index contributed by atoms with van der Waals surface area (Å²) in [4.78, 5) is 16.0. The van der Waals surface area contributed by atoms with Gasteiger partial charge in [0.25, 0.3) is 5.91 Å². The van der Waals surface area contributed by atoms with Crippen LogP contribution in [0.4, 0.5) is 5.82 Å². The van der Waals surface area contributed by atoms with E-state index in [0.29, 0.717) is 17.6 Å². The maximum atomic E-state index is 11.4. The third-order valence-electron chi connectivity index (χ3n) is 3.62. The van der Waals surface area contributed by atoms with Gasteiger partial charge in [-0.2, -0.15) is 0 Å². The number of likely N-dealkylation sites (N-methyl/N-ethyl adjacent to an activating group) is 2. The number of anilines is 1. The van der Waals surface area contributed by atoms with Gasteiger partial charge in [-0.25, -0.2) is 0 Å². The molecule has 0 bridgehead atoms. The molecule has 1 aromatic rings. The van der Waals surface area contributed by atoms with Gasteiger partial charge in [-0.15, -0.1) is 10.2 Å². The molecular weight excluding hydrogens is 256 g/mol. The van der Waals surface area contributed by atoms with E-state index >= 15 is 0 Å². The van der Waals surface area contributed by atoms with E-state index in [2.05, 4.69) is 44.7 Å². The Morgan fingerprint density at radius 1 is 1.35 bits per heavy atom. The van der Waals surface area contributed by atoms with Crippen LogP contribution in [0.25, 0.3) is 0 Å². The lowest BCUT2D eigenvalue weighted by atomic mass is 10.2. The van der Waals surface area contributed by atoms with Crippen molar-refractivity contribution in [1.29, 1.82) is 0 Å². The molecule has 1 aliphatic heterocycles. The highest BCUT2D eigenvalue weighted by molar-refractivity contribution is 5.91. The zero-order chi connectivity index (χ0) is 14.5. The van der Waals surface area contributed by atoms with Gasteiger partial charge in [0.15, 0.2) is 5.69 Å². The number of amides is 1. The van der Waals surface area contributed by atoms with Gasteiger partial charge in [0.2, 0.25) is 0 Å². The van der Waals surface area contributed by atoms with Crippen molar-refractivity contribution in [3.63, 3.8) is 0 Å². The van der Waals surface area contributed by atoms with Crippen LogP contribution < -0.4 is 10.6 Å². The standard InChI is InChI=1S/C13H22N6O/c1-14-13(20)11-4-5-12(17-16-11)15-8-10-9-18(2)6-7-19(10)3/h4-5,10H,6-9H2,1-3H3,(H,14,20)(H,15,17). The second-order valence-electron chi connectivity index (χ2n) is 5.16. The molecule has 2 N–H and O–H groups in total. The Labute approximate surface area is 119 Å². The van der Waals surface area contributed by atoms with Gasteiger partial charge in [-0.3, -0.25) is 9.69 Å². The predicted molar refractivity (Wildman–Crippen MR) is 77.8 cm³/mol. The summed E-state index contributed by atoms with van der Waals surface area (Å²) in [6, 6.07) is 3.91. The highest BCUT2D eigenvalue weighted by atomic mass is 16.1. The average Bonchev–Trinajstić information content (AvgIpc) is 2.48. The summed E-state index contributed by atoms with van der Waals surface area (Å²) in [6.07, 6.45) is 0. The molecular formula is C13H22N6O. The number of nitrogens with one attached hydrogen (secondary N) is 2. The van der Waals surface area contributed by atoms with E-state index < -0.39 is 0 Å². The number of rotatable bonds is 4. The van der Waals surface area contributed by atoms with Crippen LogP contribution in [0.5, 0.6) is 0 Å². The van der Waals surface area contributed by atoms with Gasteiger partial charge in [0.05, 0.1) is 0 Å². The van der Waals surface area contributed by atoms with E-state index in [9.17, 15) is 4.79 Å². The summed E-state index contributed by atoms with van der Waals surface area (Å²) in [5.74, 6) is 0.469. The van der Waals surface area contributed by atoms with Crippen molar-refractivity contribution in [3.8, 4) is 0 Å². The van der Waals surface area contributed by atoms with Crippen LogP contribution in [-0.4, -0.2) is 79.3 Å². The van der Waals surface area contributed by atoms with Gasteiger partial charge in [0, 0.05) is 39.3 Å². The van der Waals surface area contributed by atoms with E-state index in [-0.39, 0.29) is 5.91 Å². The molecule has 0 radical (unpaired) electrons. The Hall–Kier alpha value is -1.73. The molecule has 1 aliphatic rings. The SMILES string of the molecule is CNC(=O)c1ccc(NCC2CN(C)CCN2C)nn1. The van der Waals surface area contributed by atoms with Crippen LogP contribution in [0, 0.1) is 0 Å². The molecule has 1 fully saturated rings. The molecule has 2 heterocycles. The van der Waals surface area contributed by atoms with E-state index in [4.69, 9.17) is 0 Å². The maximum Gasteiger partial charge on any atom is 0.271 e. The zero-order valence-electron chi connectivity index (χ0n) is 12.3. The fourth-order valence-corrected chi connectivity index (χ4v) is 2.22. The van der Waals surface area contributed by atoms with Crippen LogP contribution in [0.2, 0.25) is 0 Å². The van der Waals surface area contributed by atoms with Gasteiger partial charge in [0.1, 0.15) is 5.82 Å².